The minimum absolute atomic E-state index is 0.0833. The molecule has 1 aliphatic rings. The SMILES string of the molecule is CC(C)N1CCC(C(CN)c2cc(F)ccc2F)CC1. The molecule has 1 aromatic carbocycles. The normalized spacial score (nSPS) is 19.5. The molecule has 2 rings (SSSR count). The summed E-state index contributed by atoms with van der Waals surface area (Å²) in [4.78, 5) is 2.42. The van der Waals surface area contributed by atoms with Crippen LogP contribution in [0.25, 0.3) is 0 Å². The van der Waals surface area contributed by atoms with E-state index >= 15 is 0 Å². The third-order valence-electron chi connectivity index (χ3n) is 4.48. The van der Waals surface area contributed by atoms with Crippen LogP contribution in [0.2, 0.25) is 0 Å². The van der Waals surface area contributed by atoms with Crippen molar-refractivity contribution >= 4 is 0 Å². The van der Waals surface area contributed by atoms with Gasteiger partial charge in [-0.2, -0.15) is 0 Å². The lowest BCUT2D eigenvalue weighted by molar-refractivity contribution is 0.137. The van der Waals surface area contributed by atoms with Crippen LogP contribution in [0.15, 0.2) is 18.2 Å². The molecule has 1 unspecified atom stereocenters. The zero-order valence-electron chi connectivity index (χ0n) is 12.3. The van der Waals surface area contributed by atoms with E-state index in [1.54, 1.807) is 0 Å². The van der Waals surface area contributed by atoms with Gasteiger partial charge in [0.2, 0.25) is 0 Å². The molecule has 1 atom stereocenters. The van der Waals surface area contributed by atoms with Crippen molar-refractivity contribution < 1.29 is 8.78 Å². The molecular formula is C16H24F2N2. The number of hydrogen-bond donors (Lipinski definition) is 1. The van der Waals surface area contributed by atoms with Crippen molar-refractivity contribution in [2.24, 2.45) is 11.7 Å². The molecule has 0 spiro atoms. The quantitative estimate of drug-likeness (QED) is 0.919. The van der Waals surface area contributed by atoms with E-state index in [2.05, 4.69) is 18.7 Å². The van der Waals surface area contributed by atoms with Gasteiger partial charge in [-0.3, -0.25) is 0 Å². The minimum Gasteiger partial charge on any atom is -0.330 e. The van der Waals surface area contributed by atoms with E-state index in [1.165, 1.54) is 12.1 Å². The van der Waals surface area contributed by atoms with Crippen LogP contribution in [0, 0.1) is 17.6 Å². The topological polar surface area (TPSA) is 29.3 Å². The van der Waals surface area contributed by atoms with Crippen molar-refractivity contribution in [2.45, 2.75) is 38.6 Å². The summed E-state index contributed by atoms with van der Waals surface area (Å²) in [7, 11) is 0. The molecular weight excluding hydrogens is 258 g/mol. The van der Waals surface area contributed by atoms with Gasteiger partial charge < -0.3 is 10.6 Å². The maximum atomic E-state index is 13.9. The van der Waals surface area contributed by atoms with Gasteiger partial charge in [-0.1, -0.05) is 0 Å². The predicted octanol–water partition coefficient (Wildman–Crippen LogP) is 3.13. The molecule has 1 aliphatic heterocycles. The van der Waals surface area contributed by atoms with Crippen LogP contribution in [0.1, 0.15) is 38.2 Å². The summed E-state index contributed by atoms with van der Waals surface area (Å²) in [6.45, 7) is 6.76. The molecule has 112 valence electrons. The molecule has 1 aromatic rings. The number of piperidine rings is 1. The first-order valence-corrected chi connectivity index (χ1v) is 7.42. The number of hydrogen-bond acceptors (Lipinski definition) is 2. The molecule has 1 fully saturated rings. The summed E-state index contributed by atoms with van der Waals surface area (Å²) >= 11 is 0. The average molecular weight is 282 g/mol. The highest BCUT2D eigenvalue weighted by atomic mass is 19.1. The summed E-state index contributed by atoms with van der Waals surface area (Å²) < 4.78 is 27.3. The third-order valence-corrected chi connectivity index (χ3v) is 4.48. The number of rotatable bonds is 4. The first-order valence-electron chi connectivity index (χ1n) is 7.42. The second-order valence-corrected chi connectivity index (χ2v) is 5.98. The lowest BCUT2D eigenvalue weighted by Crippen LogP contribution is -2.40. The van der Waals surface area contributed by atoms with Crippen molar-refractivity contribution in [1.29, 1.82) is 0 Å². The zero-order chi connectivity index (χ0) is 14.7. The highest BCUT2D eigenvalue weighted by molar-refractivity contribution is 5.24. The number of halogens is 2. The number of likely N-dealkylation sites (tertiary alicyclic amines) is 1. The fourth-order valence-electron chi connectivity index (χ4n) is 3.21. The van der Waals surface area contributed by atoms with Gasteiger partial charge in [0.05, 0.1) is 0 Å². The molecule has 1 saturated heterocycles. The molecule has 20 heavy (non-hydrogen) atoms. The molecule has 2 nitrogen and oxygen atoms in total. The Balaban J connectivity index is 2.11. The number of nitrogens with zero attached hydrogens (tertiary/aromatic N) is 1. The van der Waals surface area contributed by atoms with Gasteiger partial charge in [0.1, 0.15) is 11.6 Å². The van der Waals surface area contributed by atoms with E-state index in [4.69, 9.17) is 5.73 Å². The highest BCUT2D eigenvalue weighted by Gasteiger charge is 2.29. The second-order valence-electron chi connectivity index (χ2n) is 5.98. The molecule has 0 radical (unpaired) electrons. The van der Waals surface area contributed by atoms with Crippen molar-refractivity contribution in [1.82, 2.24) is 4.90 Å². The third kappa shape index (κ3) is 3.36. The summed E-state index contributed by atoms with van der Waals surface area (Å²) in [6, 6.07) is 4.21. The Kier molecular flexibility index (Phi) is 5.11. The molecule has 0 amide bonds. The Morgan fingerprint density at radius 2 is 1.90 bits per heavy atom. The molecule has 2 N–H and O–H groups in total. The van der Waals surface area contributed by atoms with Gasteiger partial charge >= 0.3 is 0 Å². The Morgan fingerprint density at radius 3 is 2.45 bits per heavy atom. The first kappa shape index (κ1) is 15.4. The smallest absolute Gasteiger partial charge is 0.126 e. The van der Waals surface area contributed by atoms with E-state index < -0.39 is 0 Å². The Bertz CT molecular complexity index is 440. The Hall–Kier alpha value is -1.00. The van der Waals surface area contributed by atoms with E-state index in [-0.39, 0.29) is 17.6 Å². The average Bonchev–Trinajstić information content (AvgIpc) is 2.44. The first-order chi connectivity index (χ1) is 9.52. The largest absolute Gasteiger partial charge is 0.330 e. The molecule has 1 heterocycles. The van der Waals surface area contributed by atoms with Crippen molar-refractivity contribution in [2.75, 3.05) is 19.6 Å². The molecule has 0 saturated carbocycles. The van der Waals surface area contributed by atoms with Crippen LogP contribution in [-0.4, -0.2) is 30.6 Å². The van der Waals surface area contributed by atoms with Crippen LogP contribution in [-0.2, 0) is 0 Å². The van der Waals surface area contributed by atoms with Gasteiger partial charge in [0.25, 0.3) is 0 Å². The molecule has 4 heteroatoms. The fourth-order valence-corrected chi connectivity index (χ4v) is 3.21. The number of nitrogens with two attached hydrogens (primary N) is 1. The van der Waals surface area contributed by atoms with Gasteiger partial charge in [-0.25, -0.2) is 8.78 Å². The van der Waals surface area contributed by atoms with Gasteiger partial charge in [0, 0.05) is 12.0 Å². The zero-order valence-corrected chi connectivity index (χ0v) is 12.3. The lowest BCUT2D eigenvalue weighted by Gasteiger charge is -2.38. The van der Waals surface area contributed by atoms with Gasteiger partial charge in [0.15, 0.2) is 0 Å². The van der Waals surface area contributed by atoms with Crippen molar-refractivity contribution in [3.63, 3.8) is 0 Å². The molecule has 0 aliphatic carbocycles. The summed E-state index contributed by atoms with van der Waals surface area (Å²) in [5, 5.41) is 0. The van der Waals surface area contributed by atoms with E-state index in [9.17, 15) is 8.78 Å². The van der Waals surface area contributed by atoms with Crippen LogP contribution in [0.3, 0.4) is 0 Å². The summed E-state index contributed by atoms with van der Waals surface area (Å²) in [5.41, 5.74) is 6.29. The lowest BCUT2D eigenvalue weighted by atomic mass is 9.79. The van der Waals surface area contributed by atoms with Crippen LogP contribution in [0.4, 0.5) is 8.78 Å². The maximum absolute atomic E-state index is 13.9. The van der Waals surface area contributed by atoms with Crippen molar-refractivity contribution in [3.8, 4) is 0 Å². The van der Waals surface area contributed by atoms with E-state index in [0.29, 0.717) is 24.1 Å². The molecule has 0 aromatic heterocycles. The van der Waals surface area contributed by atoms with Gasteiger partial charge in [-0.15, -0.1) is 0 Å². The van der Waals surface area contributed by atoms with E-state index in [1.807, 2.05) is 0 Å². The Morgan fingerprint density at radius 1 is 1.25 bits per heavy atom. The van der Waals surface area contributed by atoms with Crippen LogP contribution < -0.4 is 5.73 Å². The second kappa shape index (κ2) is 6.64. The number of benzene rings is 1. The van der Waals surface area contributed by atoms with E-state index in [0.717, 1.165) is 32.0 Å². The standard InChI is InChI=1S/C16H24F2N2/c1-11(2)20-7-5-12(6-8-20)15(10-19)14-9-13(17)3-4-16(14)18/h3-4,9,11-12,15H,5-8,10,19H2,1-2H3. The minimum atomic E-state index is -0.389. The predicted molar refractivity (Wildman–Crippen MR) is 77.6 cm³/mol. The van der Waals surface area contributed by atoms with Crippen LogP contribution in [0.5, 0.6) is 0 Å². The summed E-state index contributed by atoms with van der Waals surface area (Å²) in [5.74, 6) is -0.473. The highest BCUT2D eigenvalue weighted by Crippen LogP contribution is 2.34. The molecule has 0 bridgehead atoms. The fraction of sp³-hybridized carbons (Fsp3) is 0.625. The summed E-state index contributed by atoms with van der Waals surface area (Å²) in [6.07, 6.45) is 1.99. The Labute approximate surface area is 120 Å². The van der Waals surface area contributed by atoms with Crippen molar-refractivity contribution in [3.05, 3.63) is 35.4 Å². The van der Waals surface area contributed by atoms with Crippen LogP contribution >= 0.6 is 0 Å². The van der Waals surface area contributed by atoms with Gasteiger partial charge in [-0.05, 0) is 76.0 Å². The monoisotopic (exact) mass is 282 g/mol. The maximum Gasteiger partial charge on any atom is 0.126 e.